The number of hydrogen-bond acceptors (Lipinski definition) is 7. The first-order chi connectivity index (χ1) is 16.6. The van der Waals surface area contributed by atoms with E-state index in [2.05, 4.69) is 20.7 Å². The Kier molecular flexibility index (Phi) is 7.34. The van der Waals surface area contributed by atoms with Crippen molar-refractivity contribution >= 4 is 26.7 Å². The van der Waals surface area contributed by atoms with Crippen LogP contribution in [0.15, 0.2) is 65.6 Å². The average molecular weight is 527 g/mol. The molecule has 0 saturated carbocycles. The van der Waals surface area contributed by atoms with Gasteiger partial charge >= 0.3 is 0 Å². The standard InChI is InChI=1S/C23H25F3N4O3S2/c1-3-16(24)5-4-15(2)20-13-23(25,26)9-10-30(20)19-8-11-33-21-12-17(6-7-18(19)21)35(31,32)29-22-27-14-28-34-22/h3-7,12,14,19-20H,2,8-11,13H2,1H3,(H,27,28,29)/b5-4-,16-3+/t19-,20+/m0/s1. The van der Waals surface area contributed by atoms with Crippen LogP contribution in [-0.2, 0) is 10.0 Å². The summed E-state index contributed by atoms with van der Waals surface area (Å²) in [7, 11) is -3.92. The number of rotatable bonds is 7. The van der Waals surface area contributed by atoms with Crippen molar-refractivity contribution in [2.24, 2.45) is 0 Å². The third kappa shape index (κ3) is 5.76. The molecular weight excluding hydrogens is 501 g/mol. The van der Waals surface area contributed by atoms with Crippen LogP contribution < -0.4 is 9.46 Å². The minimum atomic E-state index is -3.92. The van der Waals surface area contributed by atoms with E-state index in [0.717, 1.165) is 11.5 Å². The maximum absolute atomic E-state index is 14.4. The van der Waals surface area contributed by atoms with Gasteiger partial charge in [0.25, 0.3) is 15.9 Å². The molecule has 0 spiro atoms. The Bertz CT molecular complexity index is 1250. The molecule has 3 heterocycles. The number of fused-ring (bicyclic) bond motifs is 1. The fourth-order valence-corrected chi connectivity index (χ4v) is 5.99. The lowest BCUT2D eigenvalue weighted by molar-refractivity contribution is -0.0832. The first-order valence-corrected chi connectivity index (χ1v) is 13.2. The predicted molar refractivity (Wildman–Crippen MR) is 128 cm³/mol. The molecule has 1 saturated heterocycles. The molecule has 188 valence electrons. The highest BCUT2D eigenvalue weighted by Gasteiger charge is 2.44. The molecule has 7 nitrogen and oxygen atoms in total. The summed E-state index contributed by atoms with van der Waals surface area (Å²) in [5.74, 6) is -2.97. The molecule has 12 heteroatoms. The van der Waals surface area contributed by atoms with Crippen molar-refractivity contribution in [2.45, 2.75) is 49.1 Å². The van der Waals surface area contributed by atoms with E-state index < -0.39 is 34.2 Å². The van der Waals surface area contributed by atoms with Gasteiger partial charge in [-0.15, -0.1) is 0 Å². The molecular formula is C23H25F3N4O3S2. The molecule has 1 aromatic heterocycles. The summed E-state index contributed by atoms with van der Waals surface area (Å²) in [6.45, 7) is 5.89. The highest BCUT2D eigenvalue weighted by Crippen LogP contribution is 2.44. The number of likely N-dealkylation sites (tertiary alicyclic amines) is 1. The molecule has 0 bridgehead atoms. The topological polar surface area (TPSA) is 84.4 Å². The molecule has 2 atom stereocenters. The van der Waals surface area contributed by atoms with Gasteiger partial charge in [0, 0.05) is 61.1 Å². The number of ether oxygens (including phenoxy) is 1. The first kappa shape index (κ1) is 25.4. The second kappa shape index (κ2) is 10.1. The van der Waals surface area contributed by atoms with Crippen molar-refractivity contribution in [1.82, 2.24) is 14.3 Å². The quantitative estimate of drug-likeness (QED) is 0.497. The smallest absolute Gasteiger partial charge is 0.263 e. The fraction of sp³-hybridized carbons (Fsp3) is 0.391. The zero-order chi connectivity index (χ0) is 25.2. The highest BCUT2D eigenvalue weighted by molar-refractivity contribution is 7.93. The van der Waals surface area contributed by atoms with Crippen LogP contribution in [0, 0.1) is 0 Å². The van der Waals surface area contributed by atoms with Crippen LogP contribution in [0.3, 0.4) is 0 Å². The van der Waals surface area contributed by atoms with Crippen LogP contribution in [0.1, 0.15) is 37.8 Å². The normalized spacial score (nSPS) is 23.0. The molecule has 4 rings (SSSR count). The minimum Gasteiger partial charge on any atom is -0.493 e. The van der Waals surface area contributed by atoms with Crippen molar-refractivity contribution in [2.75, 3.05) is 17.9 Å². The Morgan fingerprint density at radius 2 is 2.17 bits per heavy atom. The number of aromatic nitrogens is 2. The lowest BCUT2D eigenvalue weighted by Gasteiger charge is -2.45. The third-order valence-corrected chi connectivity index (χ3v) is 8.12. The largest absolute Gasteiger partial charge is 0.493 e. The van der Waals surface area contributed by atoms with E-state index in [1.54, 1.807) is 13.0 Å². The third-order valence-electron chi connectivity index (χ3n) is 6.07. The number of piperidine rings is 1. The lowest BCUT2D eigenvalue weighted by atomic mass is 9.88. The Labute approximate surface area is 206 Å². The van der Waals surface area contributed by atoms with Crippen molar-refractivity contribution in [3.63, 3.8) is 0 Å². The summed E-state index contributed by atoms with van der Waals surface area (Å²) in [6.07, 6.45) is 4.96. The van der Waals surface area contributed by atoms with Gasteiger partial charge in [-0.2, -0.15) is 4.37 Å². The van der Waals surface area contributed by atoms with E-state index in [1.807, 2.05) is 4.90 Å². The number of anilines is 1. The van der Waals surface area contributed by atoms with E-state index in [1.165, 1.54) is 36.7 Å². The molecule has 1 fully saturated rings. The van der Waals surface area contributed by atoms with Gasteiger partial charge < -0.3 is 4.74 Å². The van der Waals surface area contributed by atoms with Crippen molar-refractivity contribution in [3.05, 3.63) is 66.3 Å². The molecule has 1 aromatic carbocycles. The summed E-state index contributed by atoms with van der Waals surface area (Å²) in [5.41, 5.74) is 1.09. The minimum absolute atomic E-state index is 0.0111. The van der Waals surface area contributed by atoms with Crippen molar-refractivity contribution in [3.8, 4) is 5.75 Å². The van der Waals surface area contributed by atoms with Gasteiger partial charge in [-0.1, -0.05) is 24.8 Å². The first-order valence-electron chi connectivity index (χ1n) is 11.0. The van der Waals surface area contributed by atoms with Crippen LogP contribution in [0.2, 0.25) is 0 Å². The van der Waals surface area contributed by atoms with Crippen molar-refractivity contribution in [1.29, 1.82) is 0 Å². The zero-order valence-electron chi connectivity index (χ0n) is 19.0. The molecule has 35 heavy (non-hydrogen) atoms. The van der Waals surface area contributed by atoms with Crippen LogP contribution in [0.5, 0.6) is 5.75 Å². The van der Waals surface area contributed by atoms with Crippen LogP contribution in [0.4, 0.5) is 18.3 Å². The number of sulfonamides is 1. The van der Waals surface area contributed by atoms with Gasteiger partial charge in [0.1, 0.15) is 17.9 Å². The molecule has 0 amide bonds. The van der Waals surface area contributed by atoms with Gasteiger partial charge in [-0.3, -0.25) is 9.62 Å². The van der Waals surface area contributed by atoms with E-state index in [0.29, 0.717) is 29.9 Å². The molecule has 0 aliphatic carbocycles. The van der Waals surface area contributed by atoms with Crippen LogP contribution >= 0.6 is 11.5 Å². The van der Waals surface area contributed by atoms with Gasteiger partial charge in [0.2, 0.25) is 5.13 Å². The summed E-state index contributed by atoms with van der Waals surface area (Å²) in [6, 6.07) is 3.53. The summed E-state index contributed by atoms with van der Waals surface area (Å²) in [4.78, 5) is 5.76. The Balaban J connectivity index is 1.62. The fourth-order valence-electron chi connectivity index (χ4n) is 4.32. The maximum Gasteiger partial charge on any atom is 0.263 e. The van der Waals surface area contributed by atoms with E-state index in [9.17, 15) is 21.6 Å². The average Bonchev–Trinajstić information content (AvgIpc) is 3.33. The summed E-state index contributed by atoms with van der Waals surface area (Å²) >= 11 is 0.911. The Hall–Kier alpha value is -2.70. The number of hydrogen-bond donors (Lipinski definition) is 1. The van der Waals surface area contributed by atoms with Gasteiger partial charge in [0.05, 0.1) is 11.5 Å². The second-order valence-corrected chi connectivity index (χ2v) is 10.8. The second-order valence-electron chi connectivity index (χ2n) is 8.35. The highest BCUT2D eigenvalue weighted by atomic mass is 32.2. The summed E-state index contributed by atoms with van der Waals surface area (Å²) < 4.78 is 79.8. The van der Waals surface area contributed by atoms with E-state index in [-0.39, 0.29) is 29.0 Å². The van der Waals surface area contributed by atoms with Crippen molar-refractivity contribution < 1.29 is 26.3 Å². The van der Waals surface area contributed by atoms with E-state index in [4.69, 9.17) is 4.74 Å². The maximum atomic E-state index is 14.4. The molecule has 0 radical (unpaired) electrons. The number of nitrogens with zero attached hydrogens (tertiary/aromatic N) is 3. The Morgan fingerprint density at radius 3 is 2.89 bits per heavy atom. The number of halogens is 3. The van der Waals surface area contributed by atoms with Gasteiger partial charge in [0.15, 0.2) is 0 Å². The molecule has 0 unspecified atom stereocenters. The molecule has 1 N–H and O–H groups in total. The predicted octanol–water partition coefficient (Wildman–Crippen LogP) is 5.25. The molecule has 2 aliphatic heterocycles. The number of benzene rings is 1. The number of alkyl halides is 2. The SMILES string of the molecule is C=C(/C=C\C(F)=C/C)[C@H]1CC(F)(F)CCN1[C@H]1CCOc2cc(S(=O)(=O)Nc3ncns3)ccc21. The monoisotopic (exact) mass is 526 g/mol. The van der Waals surface area contributed by atoms with Crippen LogP contribution in [-0.4, -0.2) is 47.8 Å². The number of allylic oxidation sites excluding steroid dienone is 3. The van der Waals surface area contributed by atoms with Gasteiger partial charge in [-0.25, -0.2) is 26.6 Å². The van der Waals surface area contributed by atoms with Gasteiger partial charge in [-0.05, 0) is 24.6 Å². The Morgan fingerprint density at radius 1 is 1.37 bits per heavy atom. The van der Waals surface area contributed by atoms with E-state index >= 15 is 0 Å². The molecule has 2 aliphatic rings. The lowest BCUT2D eigenvalue weighted by Crippen LogP contribution is -2.49. The number of nitrogens with one attached hydrogen (secondary N) is 1. The zero-order valence-corrected chi connectivity index (χ0v) is 20.6. The summed E-state index contributed by atoms with van der Waals surface area (Å²) in [5, 5.41) is 0.138. The van der Waals surface area contributed by atoms with Crippen LogP contribution in [0.25, 0.3) is 0 Å². The molecule has 2 aromatic rings.